The van der Waals surface area contributed by atoms with Crippen LogP contribution in [0, 0.1) is 23.1 Å². The topological polar surface area (TPSA) is 98.7 Å². The number of halogens is 3. The van der Waals surface area contributed by atoms with Crippen LogP contribution < -0.4 is 14.4 Å². The van der Waals surface area contributed by atoms with E-state index in [1.54, 1.807) is 24.3 Å². The fraction of sp³-hybridized carbons (Fsp3) is 0.582. The van der Waals surface area contributed by atoms with Crippen molar-refractivity contribution in [2.45, 2.75) is 153 Å². The molecule has 4 saturated heterocycles. The van der Waals surface area contributed by atoms with Gasteiger partial charge in [0.05, 0.1) is 41.7 Å². The number of rotatable bonds is 14. The van der Waals surface area contributed by atoms with Gasteiger partial charge in [0.15, 0.2) is 12.6 Å². The second-order valence-electron chi connectivity index (χ2n) is 22.5. The van der Waals surface area contributed by atoms with Crippen molar-refractivity contribution in [2.24, 2.45) is 0 Å². The molecular weight excluding hydrogens is 912 g/mol. The van der Waals surface area contributed by atoms with E-state index in [9.17, 15) is 9.18 Å². The zero-order valence-electron chi connectivity index (χ0n) is 42.6. The van der Waals surface area contributed by atoms with E-state index in [0.717, 1.165) is 38.6 Å². The minimum atomic E-state index is -2.34. The van der Waals surface area contributed by atoms with Crippen molar-refractivity contribution in [3.63, 3.8) is 0 Å². The number of hydrogen-bond donors (Lipinski definition) is 0. The van der Waals surface area contributed by atoms with Gasteiger partial charge in [-0.25, -0.2) is 18.0 Å². The molecule has 3 atom stereocenters. The van der Waals surface area contributed by atoms with Crippen LogP contribution in [-0.2, 0) is 14.2 Å². The zero-order chi connectivity index (χ0) is 49.9. The molecule has 5 fully saturated rings. The Kier molecular flexibility index (Phi) is 13.8. The summed E-state index contributed by atoms with van der Waals surface area (Å²) in [6.45, 7) is 21.4. The van der Waals surface area contributed by atoms with E-state index in [1.165, 1.54) is 13.2 Å². The third-order valence-electron chi connectivity index (χ3n) is 15.8. The van der Waals surface area contributed by atoms with E-state index in [-0.39, 0.29) is 54.3 Å². The Bertz CT molecular complexity index is 2730. The Balaban J connectivity index is 1.21. The molecule has 2 bridgehead atoms. The molecule has 4 aliphatic heterocycles. The highest BCUT2D eigenvalue weighted by atomic mass is 28.3. The molecule has 0 N–H and O–H groups in total. The predicted molar refractivity (Wildman–Crippen MR) is 271 cm³/mol. The van der Waals surface area contributed by atoms with E-state index in [4.69, 9.17) is 33.7 Å². The van der Waals surface area contributed by atoms with Gasteiger partial charge in [-0.2, -0.15) is 9.97 Å². The van der Waals surface area contributed by atoms with Crippen LogP contribution in [-0.4, -0.2) is 116 Å². The Morgan fingerprint density at radius 2 is 1.70 bits per heavy atom. The lowest BCUT2D eigenvalue weighted by Crippen LogP contribution is -2.66. The smallest absolute Gasteiger partial charge is 0.411 e. The van der Waals surface area contributed by atoms with Crippen LogP contribution in [0.3, 0.4) is 0 Å². The summed E-state index contributed by atoms with van der Waals surface area (Å²) in [6.07, 6.45) is 6.12. The number of carbonyl (C=O) groups is 1. The summed E-state index contributed by atoms with van der Waals surface area (Å²) in [5.41, 5.74) is 4.23. The summed E-state index contributed by atoms with van der Waals surface area (Å²) < 4.78 is 79.1. The Labute approximate surface area is 412 Å². The fourth-order valence-electron chi connectivity index (χ4n) is 12.4. The van der Waals surface area contributed by atoms with E-state index in [0.29, 0.717) is 101 Å². The number of ether oxygens (including phenoxy) is 5. The summed E-state index contributed by atoms with van der Waals surface area (Å²) >= 11 is 0. The van der Waals surface area contributed by atoms with Crippen molar-refractivity contribution >= 4 is 41.7 Å². The highest BCUT2D eigenvalue weighted by molar-refractivity contribution is 6.90. The molecule has 5 heterocycles. The Hall–Kier alpha value is -4.88. The third-order valence-corrected chi connectivity index (χ3v) is 22.1. The van der Waals surface area contributed by atoms with Crippen LogP contribution in [0.5, 0.6) is 11.8 Å². The zero-order valence-corrected chi connectivity index (χ0v) is 43.6. The maximum atomic E-state index is 18.3. The quantitative estimate of drug-likeness (QED) is 0.0690. The summed E-state index contributed by atoms with van der Waals surface area (Å²) in [5.74, 6) is 3.11. The van der Waals surface area contributed by atoms with Gasteiger partial charge in [0.1, 0.15) is 43.2 Å². The molecule has 1 unspecified atom stereocenters. The van der Waals surface area contributed by atoms with Gasteiger partial charge in [-0.15, -0.1) is 5.54 Å². The number of aromatic nitrogens is 2. The van der Waals surface area contributed by atoms with Crippen molar-refractivity contribution in [3.8, 4) is 34.4 Å². The van der Waals surface area contributed by atoms with Gasteiger partial charge in [-0.05, 0) is 130 Å². The van der Waals surface area contributed by atoms with Crippen LogP contribution in [0.15, 0.2) is 48.3 Å². The predicted octanol–water partition coefficient (Wildman–Crippen LogP) is 11.9. The number of methoxy groups -OCH3 is 1. The molecule has 1 aromatic heterocycles. The summed E-state index contributed by atoms with van der Waals surface area (Å²) in [6, 6.07) is 9.89. The van der Waals surface area contributed by atoms with Crippen molar-refractivity contribution in [1.29, 1.82) is 0 Å². The molecule has 1 amide bonds. The number of amides is 1. The van der Waals surface area contributed by atoms with Crippen molar-refractivity contribution in [1.82, 2.24) is 19.8 Å². The Morgan fingerprint density at radius 3 is 2.39 bits per heavy atom. The third kappa shape index (κ3) is 9.27. The molecule has 0 spiro atoms. The lowest BCUT2D eigenvalue weighted by Gasteiger charge is -2.49. The first-order chi connectivity index (χ1) is 33.3. The maximum absolute atomic E-state index is 18.3. The number of carbonyl (C=O) groups excluding carboxylic acids is 1. The lowest BCUT2D eigenvalue weighted by molar-refractivity contribution is -0.0366. The number of benzene rings is 3. The van der Waals surface area contributed by atoms with Crippen LogP contribution in [0.2, 0.25) is 16.6 Å². The average molecular weight is 982 g/mol. The van der Waals surface area contributed by atoms with Crippen LogP contribution in [0.1, 0.15) is 113 Å². The van der Waals surface area contributed by atoms with Gasteiger partial charge in [0.2, 0.25) is 0 Å². The van der Waals surface area contributed by atoms with Gasteiger partial charge in [0.25, 0.3) is 0 Å². The lowest BCUT2D eigenvalue weighted by atomic mass is 9.92. The first kappa shape index (κ1) is 50.1. The average Bonchev–Trinajstić information content (AvgIpc) is 3.89. The normalized spacial score (nSPS) is 23.3. The highest BCUT2D eigenvalue weighted by Crippen LogP contribution is 2.47. The molecular formula is C55H70F3N5O6Si. The van der Waals surface area contributed by atoms with Gasteiger partial charge in [-0.3, -0.25) is 9.80 Å². The summed E-state index contributed by atoms with van der Waals surface area (Å²) in [4.78, 5) is 30.3. The second kappa shape index (κ2) is 19.3. The van der Waals surface area contributed by atoms with Crippen molar-refractivity contribution in [2.75, 3.05) is 58.2 Å². The molecule has 0 radical (unpaired) electrons. The number of piperazine rings is 1. The SMILES string of the molecule is COCOc1cc(-c2ccc3c(N4C[C@@H]5CC[C@](COC6CC6)(C4)N5C(=O)OC(C)(C)C)nc(OCC45CCCN4C/C(=C\F)C5)nc3c2F)c2c(C#C[Si](C(C)C)(C(C)C)C(C)C)c(F)ccc2c1. The standard InChI is InChI=1S/C55H70F3N5O6Si/c1-34(2)70(35(3)4,36(5)6)23-19-43-46(57)17-12-38-24-41(68-33-65-10)25-45(47(38)43)42-15-16-44-49(48(42)58)59-51(67-31-54-20-11-22-62(54)28-37(26-54)27-56)60-50(44)61-29-39-18-21-55(30-61,32-66-40-13-14-40)63(39)52(64)69-53(7,8)9/h12,15-17,24-25,27,34-36,39-40H,11,13-14,18,20-22,26,28-33H2,1-10H3/b37-27-/t39-,54?,55+/m0/s1. The number of anilines is 1. The number of fused-ring (bicyclic) bond motifs is 5. The van der Waals surface area contributed by atoms with E-state index >= 15 is 8.78 Å². The first-order valence-electron chi connectivity index (χ1n) is 25.3. The molecule has 15 heteroatoms. The molecule has 11 nitrogen and oxygen atoms in total. The molecule has 70 heavy (non-hydrogen) atoms. The van der Waals surface area contributed by atoms with E-state index in [2.05, 4.69) is 62.8 Å². The monoisotopic (exact) mass is 982 g/mol. The number of nitrogens with zero attached hydrogens (tertiary/aromatic N) is 5. The van der Waals surface area contributed by atoms with Crippen LogP contribution in [0.4, 0.5) is 23.8 Å². The molecule has 4 aromatic rings. The highest BCUT2D eigenvalue weighted by Gasteiger charge is 2.56. The van der Waals surface area contributed by atoms with Crippen LogP contribution in [0.25, 0.3) is 32.8 Å². The maximum Gasteiger partial charge on any atom is 0.411 e. The molecule has 5 aliphatic rings. The second-order valence-corrected chi connectivity index (χ2v) is 28.1. The van der Waals surface area contributed by atoms with Crippen LogP contribution >= 0.6 is 0 Å². The summed E-state index contributed by atoms with van der Waals surface area (Å²) in [7, 11) is -0.810. The minimum absolute atomic E-state index is 0.0142. The minimum Gasteiger partial charge on any atom is -0.468 e. The number of hydrogen-bond acceptors (Lipinski definition) is 10. The first-order valence-corrected chi connectivity index (χ1v) is 27.5. The fourth-order valence-corrected chi connectivity index (χ4v) is 17.6. The van der Waals surface area contributed by atoms with Crippen molar-refractivity contribution < 1.29 is 41.7 Å². The van der Waals surface area contributed by atoms with E-state index in [1.807, 2.05) is 31.7 Å². The van der Waals surface area contributed by atoms with Gasteiger partial charge < -0.3 is 28.6 Å². The van der Waals surface area contributed by atoms with Gasteiger partial charge in [0, 0.05) is 43.1 Å². The van der Waals surface area contributed by atoms with E-state index < -0.39 is 36.4 Å². The van der Waals surface area contributed by atoms with Gasteiger partial charge >= 0.3 is 12.1 Å². The van der Waals surface area contributed by atoms with Crippen molar-refractivity contribution in [3.05, 3.63) is 65.5 Å². The molecule has 3 aromatic carbocycles. The largest absolute Gasteiger partial charge is 0.468 e. The molecule has 1 aliphatic carbocycles. The molecule has 9 rings (SSSR count). The summed E-state index contributed by atoms with van der Waals surface area (Å²) in [5, 5.41) is 1.54. The van der Waals surface area contributed by atoms with Gasteiger partial charge in [-0.1, -0.05) is 59.6 Å². The molecule has 376 valence electrons. The molecule has 1 saturated carbocycles. The Morgan fingerprint density at radius 1 is 0.943 bits per heavy atom.